The predicted octanol–water partition coefficient (Wildman–Crippen LogP) is 1.94. The van der Waals surface area contributed by atoms with E-state index in [1.54, 1.807) is 7.11 Å². The lowest BCUT2D eigenvalue weighted by Gasteiger charge is -2.34. The van der Waals surface area contributed by atoms with Crippen molar-refractivity contribution in [3.05, 3.63) is 0 Å². The summed E-state index contributed by atoms with van der Waals surface area (Å²) >= 11 is 0. The number of hydrogen-bond acceptors (Lipinski definition) is 3. The Labute approximate surface area is 112 Å². The molecule has 0 unspecified atom stereocenters. The van der Waals surface area contributed by atoms with Crippen molar-refractivity contribution in [2.24, 2.45) is 5.41 Å². The normalized spacial score (nSPS) is 13.6. The Kier molecular flexibility index (Phi) is 5.82. The van der Waals surface area contributed by atoms with E-state index in [4.69, 9.17) is 4.74 Å². The van der Waals surface area contributed by atoms with Gasteiger partial charge in [-0.25, -0.2) is 0 Å². The molecule has 18 heavy (non-hydrogen) atoms. The van der Waals surface area contributed by atoms with Crippen molar-refractivity contribution >= 4 is 5.91 Å². The van der Waals surface area contributed by atoms with Crippen LogP contribution in [0.4, 0.5) is 0 Å². The molecule has 0 spiro atoms. The molecule has 4 nitrogen and oxygen atoms in total. The van der Waals surface area contributed by atoms with Crippen LogP contribution in [0, 0.1) is 5.41 Å². The van der Waals surface area contributed by atoms with E-state index in [0.29, 0.717) is 6.54 Å². The number of nitrogens with one attached hydrogen (secondary N) is 2. The van der Waals surface area contributed by atoms with Gasteiger partial charge in [-0.05, 0) is 41.2 Å². The van der Waals surface area contributed by atoms with Crippen molar-refractivity contribution in [3.8, 4) is 0 Å². The van der Waals surface area contributed by atoms with Crippen LogP contribution in [-0.4, -0.2) is 37.7 Å². The van der Waals surface area contributed by atoms with Crippen molar-refractivity contribution < 1.29 is 9.53 Å². The van der Waals surface area contributed by atoms with Crippen molar-refractivity contribution in [2.45, 2.75) is 59.1 Å². The van der Waals surface area contributed by atoms with E-state index in [0.717, 1.165) is 6.42 Å². The average molecular weight is 258 g/mol. The Balaban J connectivity index is 4.49. The van der Waals surface area contributed by atoms with Gasteiger partial charge in [-0.3, -0.25) is 4.79 Å². The highest BCUT2D eigenvalue weighted by Gasteiger charge is 2.34. The van der Waals surface area contributed by atoms with Crippen LogP contribution in [0.5, 0.6) is 0 Å². The Morgan fingerprint density at radius 3 is 2.00 bits per heavy atom. The maximum atomic E-state index is 12.2. The molecule has 0 saturated heterocycles. The zero-order valence-electron chi connectivity index (χ0n) is 13.2. The molecule has 0 heterocycles. The molecule has 0 saturated carbocycles. The van der Waals surface area contributed by atoms with Gasteiger partial charge in [0.2, 0.25) is 5.91 Å². The van der Waals surface area contributed by atoms with E-state index in [1.165, 1.54) is 0 Å². The lowest BCUT2D eigenvalue weighted by molar-refractivity contribution is -0.131. The number of hydrogen-bond donors (Lipinski definition) is 2. The number of rotatable bonds is 7. The van der Waals surface area contributed by atoms with Gasteiger partial charge in [0.25, 0.3) is 0 Å². The molecular formula is C14H30N2O2. The summed E-state index contributed by atoms with van der Waals surface area (Å²) in [5, 5.41) is 6.20. The zero-order valence-corrected chi connectivity index (χ0v) is 13.2. The Bertz CT molecular complexity index is 284. The van der Waals surface area contributed by atoms with Gasteiger partial charge in [0.05, 0.1) is 5.60 Å². The smallest absolute Gasteiger partial charge is 0.225 e. The molecule has 2 N–H and O–H groups in total. The maximum Gasteiger partial charge on any atom is 0.225 e. The van der Waals surface area contributed by atoms with Crippen molar-refractivity contribution in [2.75, 3.05) is 20.7 Å². The molecule has 0 fully saturated rings. The molecule has 0 rings (SSSR count). The van der Waals surface area contributed by atoms with E-state index < -0.39 is 5.41 Å². The minimum atomic E-state index is -0.406. The van der Waals surface area contributed by atoms with Gasteiger partial charge in [0.15, 0.2) is 0 Å². The van der Waals surface area contributed by atoms with E-state index >= 15 is 0 Å². The molecule has 0 radical (unpaired) electrons. The van der Waals surface area contributed by atoms with Gasteiger partial charge < -0.3 is 15.4 Å². The molecule has 1 amide bonds. The summed E-state index contributed by atoms with van der Waals surface area (Å²) in [6.45, 7) is 12.6. The molecular weight excluding hydrogens is 228 g/mol. The van der Waals surface area contributed by atoms with Crippen LogP contribution in [0.1, 0.15) is 48.0 Å². The minimum absolute atomic E-state index is 0.0579. The Morgan fingerprint density at radius 1 is 1.11 bits per heavy atom. The van der Waals surface area contributed by atoms with Crippen LogP contribution in [0.15, 0.2) is 0 Å². The fourth-order valence-electron chi connectivity index (χ4n) is 1.88. The third kappa shape index (κ3) is 5.83. The van der Waals surface area contributed by atoms with Crippen LogP contribution in [0.25, 0.3) is 0 Å². The number of carbonyl (C=O) groups is 1. The monoisotopic (exact) mass is 258 g/mol. The number of carbonyl (C=O) groups excluding carboxylic acids is 1. The quantitative estimate of drug-likeness (QED) is 0.734. The second-order valence-corrected chi connectivity index (χ2v) is 6.84. The molecule has 4 heteroatoms. The fourth-order valence-corrected chi connectivity index (χ4v) is 1.88. The molecule has 0 aromatic rings. The molecule has 0 aromatic carbocycles. The SMILES string of the molecule is CNC(C)(C)CC(C)(C)C(=O)NCC(C)(C)OC. The highest BCUT2D eigenvalue weighted by atomic mass is 16.5. The molecule has 0 bridgehead atoms. The highest BCUT2D eigenvalue weighted by molar-refractivity contribution is 5.81. The van der Waals surface area contributed by atoms with Crippen LogP contribution >= 0.6 is 0 Å². The van der Waals surface area contributed by atoms with E-state index in [1.807, 2.05) is 34.7 Å². The van der Waals surface area contributed by atoms with E-state index in [9.17, 15) is 4.79 Å². The highest BCUT2D eigenvalue weighted by Crippen LogP contribution is 2.28. The largest absolute Gasteiger partial charge is 0.377 e. The fraction of sp³-hybridized carbons (Fsp3) is 0.929. The van der Waals surface area contributed by atoms with Crippen molar-refractivity contribution in [1.82, 2.24) is 10.6 Å². The molecule has 0 atom stereocenters. The first-order valence-corrected chi connectivity index (χ1v) is 6.48. The summed E-state index contributed by atoms with van der Waals surface area (Å²) in [7, 11) is 3.57. The lowest BCUT2D eigenvalue weighted by Crippen LogP contribution is -2.49. The summed E-state index contributed by atoms with van der Waals surface area (Å²) in [4.78, 5) is 12.2. The minimum Gasteiger partial charge on any atom is -0.377 e. The van der Waals surface area contributed by atoms with Gasteiger partial charge in [0, 0.05) is 24.6 Å². The number of ether oxygens (including phenoxy) is 1. The van der Waals surface area contributed by atoms with Gasteiger partial charge in [-0.2, -0.15) is 0 Å². The predicted molar refractivity (Wildman–Crippen MR) is 75.6 cm³/mol. The summed E-state index contributed by atoms with van der Waals surface area (Å²) in [5.41, 5.74) is -0.793. The van der Waals surface area contributed by atoms with E-state index in [-0.39, 0.29) is 17.0 Å². The van der Waals surface area contributed by atoms with Gasteiger partial charge >= 0.3 is 0 Å². The number of amides is 1. The summed E-state index contributed by atoms with van der Waals surface area (Å²) in [6.07, 6.45) is 0.774. The van der Waals surface area contributed by atoms with Crippen LogP contribution < -0.4 is 10.6 Å². The van der Waals surface area contributed by atoms with Gasteiger partial charge in [-0.15, -0.1) is 0 Å². The third-order valence-corrected chi connectivity index (χ3v) is 3.40. The van der Waals surface area contributed by atoms with Gasteiger partial charge in [0.1, 0.15) is 0 Å². The second kappa shape index (κ2) is 6.02. The third-order valence-electron chi connectivity index (χ3n) is 3.40. The van der Waals surface area contributed by atoms with Crippen LogP contribution in [0.3, 0.4) is 0 Å². The lowest BCUT2D eigenvalue weighted by atomic mass is 9.79. The average Bonchev–Trinajstić information content (AvgIpc) is 2.24. The summed E-state index contributed by atoms with van der Waals surface area (Å²) < 4.78 is 5.30. The van der Waals surface area contributed by atoms with Crippen LogP contribution in [0.2, 0.25) is 0 Å². The van der Waals surface area contributed by atoms with Crippen molar-refractivity contribution in [1.29, 1.82) is 0 Å². The summed E-state index contributed by atoms with van der Waals surface area (Å²) in [6, 6.07) is 0. The first-order chi connectivity index (χ1) is 7.96. The molecule has 0 aromatic heterocycles. The Morgan fingerprint density at radius 2 is 1.61 bits per heavy atom. The molecule has 0 aliphatic rings. The second-order valence-electron chi connectivity index (χ2n) is 6.84. The number of methoxy groups -OCH3 is 1. The van der Waals surface area contributed by atoms with Crippen LogP contribution in [-0.2, 0) is 9.53 Å². The topological polar surface area (TPSA) is 50.4 Å². The van der Waals surface area contributed by atoms with E-state index in [2.05, 4.69) is 24.5 Å². The first kappa shape index (κ1) is 17.4. The zero-order chi connectivity index (χ0) is 14.6. The molecule has 0 aliphatic heterocycles. The summed E-state index contributed by atoms with van der Waals surface area (Å²) in [5.74, 6) is 0.0657. The molecule has 108 valence electrons. The first-order valence-electron chi connectivity index (χ1n) is 6.48. The molecule has 0 aliphatic carbocycles. The van der Waals surface area contributed by atoms with Gasteiger partial charge in [-0.1, -0.05) is 13.8 Å². The Hall–Kier alpha value is -0.610. The standard InChI is InChI=1S/C14H30N2O2/c1-12(2,9-13(3,4)15-7)11(17)16-10-14(5,6)18-8/h15H,9-10H2,1-8H3,(H,16,17). The van der Waals surface area contributed by atoms with Crippen molar-refractivity contribution in [3.63, 3.8) is 0 Å². The maximum absolute atomic E-state index is 12.2.